The van der Waals surface area contributed by atoms with Crippen LogP contribution in [0.5, 0.6) is 5.88 Å². The van der Waals surface area contributed by atoms with Crippen molar-refractivity contribution in [2.45, 2.75) is 6.92 Å². The van der Waals surface area contributed by atoms with Crippen LogP contribution in [0.25, 0.3) is 0 Å². The van der Waals surface area contributed by atoms with Gasteiger partial charge in [-0.1, -0.05) is 0 Å². The Morgan fingerprint density at radius 3 is 2.76 bits per heavy atom. The monoisotopic (exact) mass is 297 g/mol. The van der Waals surface area contributed by atoms with Gasteiger partial charge in [-0.2, -0.15) is 0 Å². The first-order valence-corrected chi connectivity index (χ1v) is 5.89. The average molecular weight is 298 g/mol. The third-order valence-corrected chi connectivity index (χ3v) is 2.42. The van der Waals surface area contributed by atoms with Gasteiger partial charge >= 0.3 is 0 Å². The minimum atomic E-state index is 0.513. The summed E-state index contributed by atoms with van der Waals surface area (Å²) in [4.78, 5) is 8.24. The predicted octanol–water partition coefficient (Wildman–Crippen LogP) is 2.11. The number of nitrogens with zero attached hydrogens (tertiary/aromatic N) is 4. The van der Waals surface area contributed by atoms with Crippen molar-refractivity contribution >= 4 is 27.7 Å². The Bertz CT molecular complexity index is 496. The molecule has 0 fully saturated rings. The van der Waals surface area contributed by atoms with Gasteiger partial charge in [0.25, 0.3) is 0 Å². The van der Waals surface area contributed by atoms with E-state index in [1.54, 1.807) is 23.1 Å². The van der Waals surface area contributed by atoms with E-state index in [2.05, 4.69) is 36.3 Å². The maximum absolute atomic E-state index is 5.30. The van der Waals surface area contributed by atoms with E-state index in [1.807, 2.05) is 14.0 Å². The normalized spacial score (nSPS) is 10.3. The van der Waals surface area contributed by atoms with E-state index in [9.17, 15) is 0 Å². The van der Waals surface area contributed by atoms with Crippen molar-refractivity contribution < 1.29 is 4.74 Å². The molecule has 2 rings (SSSR count). The lowest BCUT2D eigenvalue weighted by molar-refractivity contribution is 0.323. The smallest absolute Gasteiger partial charge is 0.234 e. The van der Waals surface area contributed by atoms with E-state index < -0.39 is 0 Å². The molecule has 0 aliphatic heterocycles. The summed E-state index contributed by atoms with van der Waals surface area (Å²) in [6.45, 7) is 2.50. The molecule has 1 N–H and O–H groups in total. The second kappa shape index (κ2) is 5.13. The molecule has 2 aromatic rings. The molecule has 6 nitrogen and oxygen atoms in total. The lowest BCUT2D eigenvalue weighted by Crippen LogP contribution is -2.02. The van der Waals surface area contributed by atoms with Crippen LogP contribution in [0.1, 0.15) is 6.92 Å². The summed E-state index contributed by atoms with van der Waals surface area (Å²) in [5, 5.41) is 7.24. The van der Waals surface area contributed by atoms with Crippen LogP contribution in [0, 0.1) is 0 Å². The first-order chi connectivity index (χ1) is 8.19. The van der Waals surface area contributed by atoms with Crippen LogP contribution in [-0.4, -0.2) is 26.4 Å². The number of aromatic nitrogens is 4. The summed E-state index contributed by atoms with van der Waals surface area (Å²) in [5.41, 5.74) is 0. The van der Waals surface area contributed by atoms with Crippen LogP contribution in [0.4, 0.5) is 11.8 Å². The molecule has 0 amide bonds. The molecule has 0 spiro atoms. The number of hydrogen-bond acceptors (Lipinski definition) is 5. The maximum Gasteiger partial charge on any atom is 0.234 e. The van der Waals surface area contributed by atoms with Crippen molar-refractivity contribution in [2.75, 3.05) is 11.9 Å². The number of nitrogens with one attached hydrogen (secondary N) is 1. The third-order valence-electron chi connectivity index (χ3n) is 2.01. The van der Waals surface area contributed by atoms with Gasteiger partial charge in [-0.25, -0.2) is 14.6 Å². The Kier molecular flexibility index (Phi) is 3.58. The summed E-state index contributed by atoms with van der Waals surface area (Å²) >= 11 is 3.28. The van der Waals surface area contributed by atoms with Gasteiger partial charge in [0.15, 0.2) is 0 Å². The maximum atomic E-state index is 5.30. The fraction of sp³-hybridized carbons (Fsp3) is 0.300. The second-order valence-electron chi connectivity index (χ2n) is 3.27. The molecule has 0 bridgehead atoms. The van der Waals surface area contributed by atoms with E-state index in [0.717, 1.165) is 10.3 Å². The molecule has 0 aliphatic rings. The molecule has 17 heavy (non-hydrogen) atoms. The molecule has 0 aromatic carbocycles. The van der Waals surface area contributed by atoms with Crippen LogP contribution in [0.3, 0.4) is 0 Å². The SMILES string of the molecule is CCOc1cc(Nc2ncc(Br)cn2)n(C)n1. The minimum Gasteiger partial charge on any atom is -0.477 e. The zero-order chi connectivity index (χ0) is 12.3. The Labute approximate surface area is 107 Å². The Morgan fingerprint density at radius 1 is 1.41 bits per heavy atom. The number of hydrogen-bond donors (Lipinski definition) is 1. The predicted molar refractivity (Wildman–Crippen MR) is 67.4 cm³/mol. The lowest BCUT2D eigenvalue weighted by Gasteiger charge is -2.03. The standard InChI is InChI=1S/C10H12BrN5O/c1-3-17-9-4-8(16(2)15-9)14-10-12-5-7(11)6-13-10/h4-6H,3H2,1-2H3,(H,12,13,14). The molecule has 0 saturated carbocycles. The van der Waals surface area contributed by atoms with Gasteiger partial charge < -0.3 is 10.1 Å². The van der Waals surface area contributed by atoms with Crippen molar-refractivity contribution in [2.24, 2.45) is 7.05 Å². The fourth-order valence-electron chi connectivity index (χ4n) is 1.27. The number of rotatable bonds is 4. The highest BCUT2D eigenvalue weighted by molar-refractivity contribution is 9.10. The quantitative estimate of drug-likeness (QED) is 0.936. The van der Waals surface area contributed by atoms with Gasteiger partial charge in [0.1, 0.15) is 5.82 Å². The molecule has 90 valence electrons. The highest BCUT2D eigenvalue weighted by Gasteiger charge is 2.06. The molecule has 2 heterocycles. The Morgan fingerprint density at radius 2 is 2.12 bits per heavy atom. The van der Waals surface area contributed by atoms with Gasteiger partial charge in [-0.15, -0.1) is 5.10 Å². The molecule has 0 saturated heterocycles. The number of anilines is 2. The Hall–Kier alpha value is -1.63. The molecule has 0 radical (unpaired) electrons. The summed E-state index contributed by atoms with van der Waals surface area (Å²) in [7, 11) is 1.82. The first-order valence-electron chi connectivity index (χ1n) is 5.10. The molecular weight excluding hydrogens is 286 g/mol. The van der Waals surface area contributed by atoms with Gasteiger partial charge in [-0.3, -0.25) is 0 Å². The highest BCUT2D eigenvalue weighted by atomic mass is 79.9. The zero-order valence-corrected chi connectivity index (χ0v) is 11.1. The number of ether oxygens (including phenoxy) is 1. The van der Waals surface area contributed by atoms with Crippen molar-refractivity contribution in [1.82, 2.24) is 19.7 Å². The summed E-state index contributed by atoms with van der Waals surface area (Å²) in [6.07, 6.45) is 3.35. The van der Waals surface area contributed by atoms with Gasteiger partial charge in [0, 0.05) is 25.5 Å². The molecule has 2 aromatic heterocycles. The summed E-state index contributed by atoms with van der Waals surface area (Å²) in [6, 6.07) is 1.80. The summed E-state index contributed by atoms with van der Waals surface area (Å²) in [5.74, 6) is 1.87. The topological polar surface area (TPSA) is 64.9 Å². The molecule has 0 atom stereocenters. The molecule has 7 heteroatoms. The van der Waals surface area contributed by atoms with Crippen molar-refractivity contribution in [3.8, 4) is 5.88 Å². The minimum absolute atomic E-state index is 0.513. The lowest BCUT2D eigenvalue weighted by atomic mass is 10.6. The van der Waals surface area contributed by atoms with Crippen LogP contribution in [0.2, 0.25) is 0 Å². The van der Waals surface area contributed by atoms with Gasteiger partial charge in [0.05, 0.1) is 11.1 Å². The van der Waals surface area contributed by atoms with Crippen LogP contribution in [-0.2, 0) is 7.05 Å². The van der Waals surface area contributed by atoms with E-state index in [-0.39, 0.29) is 0 Å². The van der Waals surface area contributed by atoms with Crippen LogP contribution in [0.15, 0.2) is 22.9 Å². The zero-order valence-electron chi connectivity index (χ0n) is 9.51. The largest absolute Gasteiger partial charge is 0.477 e. The van der Waals surface area contributed by atoms with Gasteiger partial charge in [0.2, 0.25) is 11.8 Å². The van der Waals surface area contributed by atoms with E-state index >= 15 is 0 Å². The Balaban J connectivity index is 2.15. The van der Waals surface area contributed by atoms with Crippen molar-refractivity contribution in [3.05, 3.63) is 22.9 Å². The number of aryl methyl sites for hydroxylation is 1. The molecule has 0 unspecified atom stereocenters. The van der Waals surface area contributed by atoms with E-state index in [4.69, 9.17) is 4.74 Å². The fourth-order valence-corrected chi connectivity index (χ4v) is 1.47. The highest BCUT2D eigenvalue weighted by Crippen LogP contribution is 2.18. The first kappa shape index (κ1) is 11.8. The van der Waals surface area contributed by atoms with Crippen LogP contribution >= 0.6 is 15.9 Å². The second-order valence-corrected chi connectivity index (χ2v) is 4.19. The number of halogens is 1. The van der Waals surface area contributed by atoms with Crippen LogP contribution < -0.4 is 10.1 Å². The van der Waals surface area contributed by atoms with E-state index in [1.165, 1.54) is 0 Å². The van der Waals surface area contributed by atoms with E-state index in [0.29, 0.717) is 18.4 Å². The summed E-state index contributed by atoms with van der Waals surface area (Å²) < 4.78 is 7.82. The molecular formula is C10H12BrN5O. The van der Waals surface area contributed by atoms with Gasteiger partial charge in [-0.05, 0) is 22.9 Å². The molecule has 0 aliphatic carbocycles. The van der Waals surface area contributed by atoms with Crippen molar-refractivity contribution in [1.29, 1.82) is 0 Å². The average Bonchev–Trinajstić information content (AvgIpc) is 2.63. The third kappa shape index (κ3) is 2.94. The van der Waals surface area contributed by atoms with Crippen molar-refractivity contribution in [3.63, 3.8) is 0 Å².